The Kier molecular flexibility index (Phi) is 8.21. The molecule has 0 spiro atoms. The van der Waals surface area contributed by atoms with E-state index in [1.54, 1.807) is 36.4 Å². The highest BCUT2D eigenvalue weighted by Gasteiger charge is 2.40. The average Bonchev–Trinajstić information content (AvgIpc) is 2.70. The molecule has 2 aromatic carbocycles. The molecule has 0 aliphatic carbocycles. The second kappa shape index (κ2) is 10.6. The summed E-state index contributed by atoms with van der Waals surface area (Å²) in [6, 6.07) is 17.5. The molecule has 3 nitrogen and oxygen atoms in total. The topological polar surface area (TPSA) is 38.3 Å². The van der Waals surface area contributed by atoms with E-state index in [1.165, 1.54) is 6.92 Å². The highest BCUT2D eigenvalue weighted by molar-refractivity contribution is 5.82. The molecule has 6 heteroatoms. The van der Waals surface area contributed by atoms with Gasteiger partial charge in [0.2, 0.25) is 0 Å². The molecular formula is C23H24F3NO2. The number of nitrogens with one attached hydrogen (secondary N) is 1. The van der Waals surface area contributed by atoms with Crippen molar-refractivity contribution in [1.29, 1.82) is 0 Å². The number of halogens is 3. The van der Waals surface area contributed by atoms with Crippen LogP contribution in [0.2, 0.25) is 0 Å². The van der Waals surface area contributed by atoms with Crippen LogP contribution in [0.5, 0.6) is 0 Å². The second-order valence-electron chi connectivity index (χ2n) is 6.56. The molecule has 0 aliphatic heterocycles. The number of hydrogen-bond acceptors (Lipinski definition) is 2. The van der Waals surface area contributed by atoms with Crippen molar-refractivity contribution in [3.63, 3.8) is 0 Å². The van der Waals surface area contributed by atoms with E-state index in [0.717, 1.165) is 5.56 Å². The van der Waals surface area contributed by atoms with Crippen molar-refractivity contribution >= 4 is 12.0 Å². The number of rotatable bonds is 9. The fourth-order valence-electron chi connectivity index (χ4n) is 2.81. The molecule has 154 valence electrons. The van der Waals surface area contributed by atoms with E-state index in [9.17, 15) is 18.0 Å². The molecule has 0 saturated heterocycles. The molecule has 2 rings (SSSR count). The molecule has 0 heterocycles. The molecular weight excluding hydrogens is 379 g/mol. The number of carbonyl (C=O) groups is 1. The average molecular weight is 403 g/mol. The molecule has 0 bridgehead atoms. The van der Waals surface area contributed by atoms with Crippen LogP contribution in [-0.2, 0) is 9.53 Å². The van der Waals surface area contributed by atoms with Gasteiger partial charge in [0.1, 0.15) is 6.10 Å². The standard InChI is InChI=1S/C23H24F3NO2/c1-3-10-20(16-15-18-11-6-4-7-12-18)29-21(19-13-8-5-9-14-19)17(2)27-22(28)23(24,25)26/h3-9,11-17,20-21H,1,10H2,2H3,(H,27,28)/b16-15+/t17-,20+,21+/m1/s1. The Bertz CT molecular complexity index is 804. The quantitative estimate of drug-likeness (QED) is 0.564. The summed E-state index contributed by atoms with van der Waals surface area (Å²) in [7, 11) is 0. The summed E-state index contributed by atoms with van der Waals surface area (Å²) in [6.45, 7) is 5.22. The van der Waals surface area contributed by atoms with E-state index < -0.39 is 30.3 Å². The minimum Gasteiger partial charge on any atom is -0.364 e. The minimum atomic E-state index is -4.96. The van der Waals surface area contributed by atoms with Crippen molar-refractivity contribution in [2.45, 2.75) is 37.8 Å². The van der Waals surface area contributed by atoms with Crippen molar-refractivity contribution in [3.05, 3.63) is 90.5 Å². The maximum absolute atomic E-state index is 12.7. The highest BCUT2D eigenvalue weighted by atomic mass is 19.4. The first-order valence-electron chi connectivity index (χ1n) is 9.23. The maximum atomic E-state index is 12.7. The Labute approximate surface area is 168 Å². The maximum Gasteiger partial charge on any atom is 0.471 e. The summed E-state index contributed by atoms with van der Waals surface area (Å²) in [5.41, 5.74) is 1.64. The normalized spacial score (nSPS) is 14.9. The molecule has 0 aromatic heterocycles. The van der Waals surface area contributed by atoms with E-state index >= 15 is 0 Å². The van der Waals surface area contributed by atoms with E-state index in [0.29, 0.717) is 12.0 Å². The van der Waals surface area contributed by atoms with Crippen LogP contribution in [-0.4, -0.2) is 24.2 Å². The van der Waals surface area contributed by atoms with Crippen LogP contribution in [0.3, 0.4) is 0 Å². The lowest BCUT2D eigenvalue weighted by Gasteiger charge is -2.29. The van der Waals surface area contributed by atoms with Gasteiger partial charge in [-0.1, -0.05) is 78.9 Å². The molecule has 0 fully saturated rings. The van der Waals surface area contributed by atoms with Gasteiger partial charge in [-0.15, -0.1) is 6.58 Å². The fourth-order valence-corrected chi connectivity index (χ4v) is 2.81. The van der Waals surface area contributed by atoms with Crippen molar-refractivity contribution in [1.82, 2.24) is 5.32 Å². The van der Waals surface area contributed by atoms with Crippen molar-refractivity contribution in [3.8, 4) is 0 Å². The van der Waals surface area contributed by atoms with Crippen LogP contribution >= 0.6 is 0 Å². The lowest BCUT2D eigenvalue weighted by molar-refractivity contribution is -0.175. The number of ether oxygens (including phenoxy) is 1. The van der Waals surface area contributed by atoms with Gasteiger partial charge in [0, 0.05) is 0 Å². The third-order valence-corrected chi connectivity index (χ3v) is 4.22. The van der Waals surface area contributed by atoms with E-state index in [1.807, 2.05) is 47.8 Å². The summed E-state index contributed by atoms with van der Waals surface area (Å²) >= 11 is 0. The number of carbonyl (C=O) groups excluding carboxylic acids is 1. The first-order valence-corrected chi connectivity index (χ1v) is 9.23. The molecule has 0 radical (unpaired) electrons. The van der Waals surface area contributed by atoms with Gasteiger partial charge in [-0.2, -0.15) is 13.2 Å². The molecule has 29 heavy (non-hydrogen) atoms. The Morgan fingerprint density at radius 2 is 1.69 bits per heavy atom. The van der Waals surface area contributed by atoms with Crippen molar-refractivity contribution < 1.29 is 22.7 Å². The van der Waals surface area contributed by atoms with Gasteiger partial charge in [0.15, 0.2) is 0 Å². The van der Waals surface area contributed by atoms with Gasteiger partial charge in [-0.3, -0.25) is 4.79 Å². The van der Waals surface area contributed by atoms with E-state index in [-0.39, 0.29) is 0 Å². The first-order chi connectivity index (χ1) is 13.8. The molecule has 1 amide bonds. The van der Waals surface area contributed by atoms with Gasteiger partial charge in [-0.25, -0.2) is 0 Å². The Balaban J connectivity index is 2.23. The number of hydrogen-bond donors (Lipinski definition) is 1. The Hall–Kier alpha value is -2.86. The van der Waals surface area contributed by atoms with Crippen LogP contribution in [0, 0.1) is 0 Å². The van der Waals surface area contributed by atoms with Crippen molar-refractivity contribution in [2.75, 3.05) is 0 Å². The van der Waals surface area contributed by atoms with Crippen LogP contribution < -0.4 is 5.32 Å². The molecule has 0 unspecified atom stereocenters. The zero-order valence-electron chi connectivity index (χ0n) is 16.1. The summed E-state index contributed by atoms with van der Waals surface area (Å²) in [6.07, 6.45) is -0.284. The van der Waals surface area contributed by atoms with Crippen LogP contribution in [0.25, 0.3) is 6.08 Å². The fraction of sp³-hybridized carbons (Fsp3) is 0.261. The van der Waals surface area contributed by atoms with Gasteiger partial charge in [0.05, 0.1) is 12.1 Å². The van der Waals surface area contributed by atoms with Crippen LogP contribution in [0.1, 0.15) is 30.6 Å². The van der Waals surface area contributed by atoms with E-state index in [4.69, 9.17) is 4.74 Å². The summed E-state index contributed by atoms with van der Waals surface area (Å²) in [4.78, 5) is 11.4. The monoisotopic (exact) mass is 403 g/mol. The van der Waals surface area contributed by atoms with Gasteiger partial charge in [0.25, 0.3) is 0 Å². The number of amides is 1. The molecule has 0 aliphatic rings. The summed E-state index contributed by atoms with van der Waals surface area (Å²) in [5, 5.41) is 2.00. The van der Waals surface area contributed by atoms with Crippen molar-refractivity contribution in [2.24, 2.45) is 0 Å². The third-order valence-electron chi connectivity index (χ3n) is 4.22. The van der Waals surface area contributed by atoms with Crippen LogP contribution in [0.4, 0.5) is 13.2 Å². The SMILES string of the molecule is C=CC[C@@H](/C=C/c1ccccc1)O[C@H](c1ccccc1)[C@@H](C)NC(=O)C(F)(F)F. The lowest BCUT2D eigenvalue weighted by atomic mass is 10.0. The summed E-state index contributed by atoms with van der Waals surface area (Å²) in [5.74, 6) is -1.99. The van der Waals surface area contributed by atoms with Gasteiger partial charge >= 0.3 is 12.1 Å². The molecule has 3 atom stereocenters. The van der Waals surface area contributed by atoms with Gasteiger partial charge < -0.3 is 10.1 Å². The predicted octanol–water partition coefficient (Wildman–Crippen LogP) is 5.47. The highest BCUT2D eigenvalue weighted by Crippen LogP contribution is 2.26. The third kappa shape index (κ3) is 7.23. The summed E-state index contributed by atoms with van der Waals surface area (Å²) < 4.78 is 44.2. The molecule has 2 aromatic rings. The number of alkyl halides is 3. The Morgan fingerprint density at radius 3 is 2.24 bits per heavy atom. The zero-order valence-corrected chi connectivity index (χ0v) is 16.1. The van der Waals surface area contributed by atoms with Crippen LogP contribution in [0.15, 0.2) is 79.4 Å². The van der Waals surface area contributed by atoms with E-state index in [2.05, 4.69) is 6.58 Å². The molecule has 1 N–H and O–H groups in total. The molecule has 0 saturated carbocycles. The lowest BCUT2D eigenvalue weighted by Crippen LogP contribution is -2.45. The largest absolute Gasteiger partial charge is 0.471 e. The van der Waals surface area contributed by atoms with Gasteiger partial charge in [-0.05, 0) is 24.5 Å². The first kappa shape index (κ1) is 22.4. The zero-order chi connectivity index (χ0) is 21.3. The second-order valence-corrected chi connectivity index (χ2v) is 6.56. The predicted molar refractivity (Wildman–Crippen MR) is 108 cm³/mol. The Morgan fingerprint density at radius 1 is 1.10 bits per heavy atom. The smallest absolute Gasteiger partial charge is 0.364 e. The minimum absolute atomic E-state index is 0.428. The number of benzene rings is 2.